The summed E-state index contributed by atoms with van der Waals surface area (Å²) in [6.07, 6.45) is 1.13. The molecule has 3 unspecified atom stereocenters. The molecule has 0 bridgehead atoms. The van der Waals surface area contributed by atoms with Gasteiger partial charge in [0.05, 0.1) is 13.2 Å². The van der Waals surface area contributed by atoms with Crippen molar-refractivity contribution in [3.63, 3.8) is 0 Å². The first-order valence-corrected chi connectivity index (χ1v) is 6.77. The molecule has 1 amide bonds. The van der Waals surface area contributed by atoms with Crippen LogP contribution in [0.3, 0.4) is 0 Å². The number of hydrogen-bond donors (Lipinski definition) is 2. The molecule has 0 radical (unpaired) electrons. The van der Waals surface area contributed by atoms with Crippen molar-refractivity contribution in [2.45, 2.75) is 26.3 Å². The number of piperidine rings is 1. The van der Waals surface area contributed by atoms with Crippen LogP contribution in [0.25, 0.3) is 0 Å². The number of amides is 1. The second-order valence-electron chi connectivity index (χ2n) is 5.42. The van der Waals surface area contributed by atoms with Crippen molar-refractivity contribution in [3.8, 4) is 0 Å². The number of likely N-dealkylation sites (tertiary alicyclic amines) is 1. The summed E-state index contributed by atoms with van der Waals surface area (Å²) < 4.78 is 5.00. The van der Waals surface area contributed by atoms with Gasteiger partial charge in [0.25, 0.3) is 0 Å². The molecule has 1 fully saturated rings. The lowest BCUT2D eigenvalue weighted by molar-refractivity contribution is -0.123. The van der Waals surface area contributed by atoms with Crippen LogP contribution in [0.1, 0.15) is 20.3 Å². The van der Waals surface area contributed by atoms with Gasteiger partial charge in [0.1, 0.15) is 0 Å². The average molecular weight is 257 g/mol. The highest BCUT2D eigenvalue weighted by molar-refractivity contribution is 5.78. The van der Waals surface area contributed by atoms with Gasteiger partial charge >= 0.3 is 0 Å². The summed E-state index contributed by atoms with van der Waals surface area (Å²) in [7, 11) is 1.64. The van der Waals surface area contributed by atoms with E-state index in [0.717, 1.165) is 19.5 Å². The molecule has 1 heterocycles. The van der Waals surface area contributed by atoms with Crippen LogP contribution in [-0.2, 0) is 9.53 Å². The van der Waals surface area contributed by atoms with Gasteiger partial charge in [0, 0.05) is 19.7 Å². The quantitative estimate of drug-likeness (QED) is 0.706. The molecule has 0 aliphatic carbocycles. The van der Waals surface area contributed by atoms with E-state index in [4.69, 9.17) is 10.5 Å². The molecule has 5 heteroatoms. The number of carbonyl (C=O) groups excluding carboxylic acids is 1. The average Bonchev–Trinajstić information content (AvgIpc) is 2.31. The predicted octanol–water partition coefficient (Wildman–Crippen LogP) is 0.0542. The number of nitrogens with two attached hydrogens (primary N) is 1. The van der Waals surface area contributed by atoms with Crippen molar-refractivity contribution in [2.24, 2.45) is 17.6 Å². The molecule has 1 aliphatic heterocycles. The van der Waals surface area contributed by atoms with Crippen molar-refractivity contribution in [1.82, 2.24) is 10.2 Å². The van der Waals surface area contributed by atoms with Crippen LogP contribution in [0.2, 0.25) is 0 Å². The van der Waals surface area contributed by atoms with Crippen molar-refractivity contribution >= 4 is 5.91 Å². The highest BCUT2D eigenvalue weighted by Crippen LogP contribution is 2.21. The molecule has 3 N–H and O–H groups in total. The maximum atomic E-state index is 11.8. The fourth-order valence-corrected chi connectivity index (χ4v) is 2.49. The molecule has 1 saturated heterocycles. The topological polar surface area (TPSA) is 67.6 Å². The monoisotopic (exact) mass is 257 g/mol. The Balaban J connectivity index is 2.31. The number of ether oxygens (including phenoxy) is 1. The highest BCUT2D eigenvalue weighted by atomic mass is 16.5. The maximum absolute atomic E-state index is 11.8. The Morgan fingerprint density at radius 3 is 2.94 bits per heavy atom. The minimum absolute atomic E-state index is 0.0662. The number of nitrogens with zero attached hydrogens (tertiary/aromatic N) is 1. The lowest BCUT2D eigenvalue weighted by atomic mass is 9.87. The summed E-state index contributed by atoms with van der Waals surface area (Å²) >= 11 is 0. The van der Waals surface area contributed by atoms with Gasteiger partial charge in [0.2, 0.25) is 5.91 Å². The number of carbonyl (C=O) groups is 1. The Morgan fingerprint density at radius 2 is 2.33 bits per heavy atom. The zero-order chi connectivity index (χ0) is 13.5. The summed E-state index contributed by atoms with van der Waals surface area (Å²) in [6.45, 7) is 7.84. The molecule has 5 nitrogen and oxygen atoms in total. The fraction of sp³-hybridized carbons (Fsp3) is 0.923. The van der Waals surface area contributed by atoms with E-state index in [2.05, 4.69) is 17.1 Å². The lowest BCUT2D eigenvalue weighted by Gasteiger charge is -2.36. The van der Waals surface area contributed by atoms with E-state index in [1.807, 2.05) is 6.92 Å². The van der Waals surface area contributed by atoms with E-state index in [0.29, 0.717) is 31.5 Å². The molecule has 0 saturated carbocycles. The van der Waals surface area contributed by atoms with Gasteiger partial charge in [-0.15, -0.1) is 0 Å². The van der Waals surface area contributed by atoms with Crippen LogP contribution in [-0.4, -0.2) is 56.7 Å². The summed E-state index contributed by atoms with van der Waals surface area (Å²) in [6, 6.07) is 0.0662. The smallest absolute Gasteiger partial charge is 0.234 e. The molecule has 1 rings (SSSR count). The van der Waals surface area contributed by atoms with Gasteiger partial charge in [-0.2, -0.15) is 0 Å². The van der Waals surface area contributed by atoms with Gasteiger partial charge in [-0.25, -0.2) is 0 Å². The maximum Gasteiger partial charge on any atom is 0.234 e. The molecule has 1 aliphatic rings. The van der Waals surface area contributed by atoms with E-state index in [9.17, 15) is 4.79 Å². The van der Waals surface area contributed by atoms with Crippen molar-refractivity contribution < 1.29 is 9.53 Å². The van der Waals surface area contributed by atoms with Crippen LogP contribution in [0.15, 0.2) is 0 Å². The molecule has 3 atom stereocenters. The van der Waals surface area contributed by atoms with Crippen LogP contribution in [0.4, 0.5) is 0 Å². The van der Waals surface area contributed by atoms with Crippen LogP contribution >= 0.6 is 0 Å². The molecule has 0 aromatic heterocycles. The van der Waals surface area contributed by atoms with E-state index in [1.165, 1.54) is 0 Å². The second-order valence-corrected chi connectivity index (χ2v) is 5.42. The molecule has 0 aromatic carbocycles. The van der Waals surface area contributed by atoms with Gasteiger partial charge in [0.15, 0.2) is 0 Å². The fourth-order valence-electron chi connectivity index (χ4n) is 2.49. The predicted molar refractivity (Wildman–Crippen MR) is 72.2 cm³/mol. The van der Waals surface area contributed by atoms with Crippen molar-refractivity contribution in [2.75, 3.05) is 39.9 Å². The zero-order valence-corrected chi connectivity index (χ0v) is 11.8. The Morgan fingerprint density at radius 1 is 1.61 bits per heavy atom. The Hall–Kier alpha value is -0.650. The van der Waals surface area contributed by atoms with Gasteiger partial charge < -0.3 is 15.8 Å². The SMILES string of the molecule is COCC(C)NC(=O)CN1CCC(C)C(CN)C1. The highest BCUT2D eigenvalue weighted by Gasteiger charge is 2.26. The molecule has 0 spiro atoms. The normalized spacial score (nSPS) is 26.9. The van der Waals surface area contributed by atoms with Gasteiger partial charge in [-0.3, -0.25) is 9.69 Å². The molecule has 18 heavy (non-hydrogen) atoms. The molecule has 0 aromatic rings. The van der Waals surface area contributed by atoms with Crippen LogP contribution in [0.5, 0.6) is 0 Å². The third kappa shape index (κ3) is 4.92. The van der Waals surface area contributed by atoms with E-state index >= 15 is 0 Å². The second kappa shape index (κ2) is 7.71. The van der Waals surface area contributed by atoms with Crippen LogP contribution < -0.4 is 11.1 Å². The van der Waals surface area contributed by atoms with Crippen molar-refractivity contribution in [3.05, 3.63) is 0 Å². The number of methoxy groups -OCH3 is 1. The number of hydrogen-bond acceptors (Lipinski definition) is 4. The Kier molecular flexibility index (Phi) is 6.60. The Bertz CT molecular complexity index is 261. The van der Waals surface area contributed by atoms with E-state index in [1.54, 1.807) is 7.11 Å². The number of nitrogens with one attached hydrogen (secondary N) is 1. The first kappa shape index (κ1) is 15.4. The van der Waals surface area contributed by atoms with E-state index < -0.39 is 0 Å². The molecular formula is C13H27N3O2. The van der Waals surface area contributed by atoms with Gasteiger partial charge in [-0.05, 0) is 38.3 Å². The largest absolute Gasteiger partial charge is 0.383 e. The first-order valence-electron chi connectivity index (χ1n) is 6.77. The summed E-state index contributed by atoms with van der Waals surface area (Å²) in [5.74, 6) is 1.26. The minimum Gasteiger partial charge on any atom is -0.383 e. The zero-order valence-electron chi connectivity index (χ0n) is 11.8. The summed E-state index contributed by atoms with van der Waals surface area (Å²) in [4.78, 5) is 14.0. The first-order chi connectivity index (χ1) is 8.56. The van der Waals surface area contributed by atoms with E-state index in [-0.39, 0.29) is 11.9 Å². The third-order valence-corrected chi connectivity index (χ3v) is 3.69. The van der Waals surface area contributed by atoms with Gasteiger partial charge in [-0.1, -0.05) is 6.92 Å². The van der Waals surface area contributed by atoms with Crippen molar-refractivity contribution in [1.29, 1.82) is 0 Å². The third-order valence-electron chi connectivity index (χ3n) is 3.69. The molecule has 106 valence electrons. The Labute approximate surface area is 110 Å². The standard InChI is InChI=1S/C13H27N3O2/c1-10-4-5-16(7-12(10)6-14)8-13(17)15-11(2)9-18-3/h10-12H,4-9,14H2,1-3H3,(H,15,17). The lowest BCUT2D eigenvalue weighted by Crippen LogP contribution is -2.48. The molecular weight excluding hydrogens is 230 g/mol. The van der Waals surface area contributed by atoms with Crippen LogP contribution in [0, 0.1) is 11.8 Å². The summed E-state index contributed by atoms with van der Waals surface area (Å²) in [5, 5.41) is 2.94. The minimum atomic E-state index is 0.0662. The number of rotatable bonds is 6. The summed E-state index contributed by atoms with van der Waals surface area (Å²) in [5.41, 5.74) is 5.76.